The van der Waals surface area contributed by atoms with E-state index >= 15 is 0 Å². The van der Waals surface area contributed by atoms with Crippen LogP contribution in [0.5, 0.6) is 0 Å². The third kappa shape index (κ3) is 5.06. The van der Waals surface area contributed by atoms with Gasteiger partial charge in [0, 0.05) is 5.71 Å². The molecule has 2 rings (SSSR count). The van der Waals surface area contributed by atoms with Crippen LogP contribution in [0.1, 0.15) is 58.9 Å². The molecule has 0 spiro atoms. The fraction of sp³-hybridized carbons (Fsp3) is 0.611. The Labute approximate surface area is 140 Å². The lowest BCUT2D eigenvalue weighted by atomic mass is 9.72. The third-order valence-electron chi connectivity index (χ3n) is 4.26. The van der Waals surface area contributed by atoms with Crippen LogP contribution in [0, 0.1) is 11.3 Å². The van der Waals surface area contributed by atoms with E-state index in [1.807, 2.05) is 12.1 Å². The van der Waals surface area contributed by atoms with Gasteiger partial charge in [-0.1, -0.05) is 46.2 Å². The second-order valence-electron chi connectivity index (χ2n) is 7.52. The van der Waals surface area contributed by atoms with Gasteiger partial charge in [-0.25, -0.2) is 4.83 Å². The zero-order valence-electron chi connectivity index (χ0n) is 14.6. The van der Waals surface area contributed by atoms with E-state index in [-0.39, 0.29) is 10.3 Å². The van der Waals surface area contributed by atoms with Gasteiger partial charge in [-0.3, -0.25) is 0 Å². The molecule has 1 aliphatic carbocycles. The molecule has 0 saturated heterocycles. The quantitative estimate of drug-likeness (QED) is 0.822. The van der Waals surface area contributed by atoms with Crippen LogP contribution in [0.2, 0.25) is 0 Å². The van der Waals surface area contributed by atoms with E-state index in [9.17, 15) is 8.42 Å². The summed E-state index contributed by atoms with van der Waals surface area (Å²) in [6.07, 6.45) is 4.86. The lowest BCUT2D eigenvalue weighted by molar-refractivity contribution is 0.265. The van der Waals surface area contributed by atoms with Crippen LogP contribution in [-0.2, 0) is 16.4 Å². The van der Waals surface area contributed by atoms with Gasteiger partial charge < -0.3 is 0 Å². The molecule has 5 heteroatoms. The molecule has 128 valence electrons. The molecule has 0 heterocycles. The largest absolute Gasteiger partial charge is 0.276 e. The van der Waals surface area contributed by atoms with Crippen LogP contribution in [0.3, 0.4) is 0 Å². The maximum absolute atomic E-state index is 12.4. The summed E-state index contributed by atoms with van der Waals surface area (Å²) in [5, 5.41) is 4.21. The summed E-state index contributed by atoms with van der Waals surface area (Å²) in [5.41, 5.74) is 2.28. The average Bonchev–Trinajstić information content (AvgIpc) is 2.44. The van der Waals surface area contributed by atoms with E-state index in [1.54, 1.807) is 12.1 Å². The van der Waals surface area contributed by atoms with Crippen molar-refractivity contribution in [2.45, 2.75) is 64.7 Å². The summed E-state index contributed by atoms with van der Waals surface area (Å²) >= 11 is 0. The molecule has 0 radical (unpaired) electrons. The maximum Gasteiger partial charge on any atom is 0.276 e. The first kappa shape index (κ1) is 18.0. The molecule has 1 aliphatic rings. The number of benzene rings is 1. The van der Waals surface area contributed by atoms with Crippen LogP contribution in [0.4, 0.5) is 0 Å². The minimum absolute atomic E-state index is 0.184. The van der Waals surface area contributed by atoms with Crippen molar-refractivity contribution in [2.24, 2.45) is 16.4 Å². The van der Waals surface area contributed by atoms with Crippen LogP contribution in [0.25, 0.3) is 0 Å². The predicted molar refractivity (Wildman–Crippen MR) is 95.0 cm³/mol. The van der Waals surface area contributed by atoms with Crippen LogP contribution >= 0.6 is 0 Å². The standard InChI is InChI=1S/C18H28N2O2S/c1-5-6-15-7-9-17(10-8-15)23(21,22)20-19-16-11-14(2)12-18(3,4)13-16/h7-10,14,20H,5-6,11-13H2,1-4H3/b19-16+. The minimum Gasteiger partial charge on any atom is -0.200 e. The van der Waals surface area contributed by atoms with Crippen LogP contribution < -0.4 is 4.83 Å². The Balaban J connectivity index is 2.10. The van der Waals surface area contributed by atoms with E-state index in [2.05, 4.69) is 37.6 Å². The van der Waals surface area contributed by atoms with Gasteiger partial charge in [-0.15, -0.1) is 0 Å². The Bertz CT molecular complexity index is 661. The molecule has 1 unspecified atom stereocenters. The SMILES string of the molecule is CCCc1ccc(S(=O)(=O)N/N=C2\CC(C)CC(C)(C)C2)cc1. The number of nitrogens with zero attached hydrogens (tertiary/aromatic N) is 1. The summed E-state index contributed by atoms with van der Waals surface area (Å²) in [5.74, 6) is 0.537. The minimum atomic E-state index is -3.58. The molecule has 1 N–H and O–H groups in total. The molecular formula is C18H28N2O2S. The van der Waals surface area contributed by atoms with Crippen molar-refractivity contribution in [2.75, 3.05) is 0 Å². The van der Waals surface area contributed by atoms with Gasteiger partial charge in [-0.05, 0) is 54.7 Å². The van der Waals surface area contributed by atoms with Crippen molar-refractivity contribution in [3.05, 3.63) is 29.8 Å². The number of hydrazone groups is 1. The molecule has 1 saturated carbocycles. The molecule has 4 nitrogen and oxygen atoms in total. The highest BCUT2D eigenvalue weighted by Crippen LogP contribution is 2.36. The van der Waals surface area contributed by atoms with E-state index in [1.165, 1.54) is 0 Å². The van der Waals surface area contributed by atoms with Crippen molar-refractivity contribution in [1.82, 2.24) is 4.83 Å². The zero-order valence-corrected chi connectivity index (χ0v) is 15.4. The van der Waals surface area contributed by atoms with Crippen molar-refractivity contribution in [1.29, 1.82) is 0 Å². The molecule has 1 aromatic carbocycles. The van der Waals surface area contributed by atoms with Gasteiger partial charge in [0.2, 0.25) is 0 Å². The number of aryl methyl sites for hydroxylation is 1. The average molecular weight is 337 g/mol. The molecule has 1 aromatic rings. The molecule has 0 bridgehead atoms. The fourth-order valence-corrected chi connectivity index (χ4v) is 4.35. The van der Waals surface area contributed by atoms with Gasteiger partial charge in [0.05, 0.1) is 4.90 Å². The Morgan fingerprint density at radius 3 is 2.48 bits per heavy atom. The second kappa shape index (κ2) is 7.04. The highest BCUT2D eigenvalue weighted by Gasteiger charge is 2.29. The normalized spacial score (nSPS) is 23.0. The van der Waals surface area contributed by atoms with Crippen molar-refractivity contribution in [3.63, 3.8) is 0 Å². The summed E-state index contributed by atoms with van der Waals surface area (Å²) in [6.45, 7) is 8.71. The summed E-state index contributed by atoms with van der Waals surface area (Å²) in [7, 11) is -3.58. The molecule has 23 heavy (non-hydrogen) atoms. The highest BCUT2D eigenvalue weighted by atomic mass is 32.2. The Morgan fingerprint density at radius 2 is 1.91 bits per heavy atom. The number of hydrogen-bond donors (Lipinski definition) is 1. The monoisotopic (exact) mass is 336 g/mol. The molecule has 1 fully saturated rings. The maximum atomic E-state index is 12.4. The summed E-state index contributed by atoms with van der Waals surface area (Å²) in [4.78, 5) is 2.68. The van der Waals surface area contributed by atoms with Crippen molar-refractivity contribution in [3.8, 4) is 0 Å². The van der Waals surface area contributed by atoms with Crippen molar-refractivity contribution < 1.29 is 8.42 Å². The Kier molecular flexibility index (Phi) is 5.50. The lowest BCUT2D eigenvalue weighted by Gasteiger charge is -2.34. The number of nitrogens with one attached hydrogen (secondary N) is 1. The lowest BCUT2D eigenvalue weighted by Crippen LogP contribution is -2.30. The zero-order chi connectivity index (χ0) is 17.1. The van der Waals surface area contributed by atoms with E-state index in [0.29, 0.717) is 5.92 Å². The van der Waals surface area contributed by atoms with Gasteiger partial charge in [-0.2, -0.15) is 13.5 Å². The van der Waals surface area contributed by atoms with E-state index in [4.69, 9.17) is 0 Å². The Hall–Kier alpha value is -1.36. The first-order valence-corrected chi connectivity index (χ1v) is 9.86. The molecule has 0 amide bonds. The molecular weight excluding hydrogens is 308 g/mol. The molecule has 1 atom stereocenters. The first-order chi connectivity index (χ1) is 10.7. The van der Waals surface area contributed by atoms with E-state index in [0.717, 1.165) is 43.4 Å². The van der Waals surface area contributed by atoms with Gasteiger partial charge in [0.25, 0.3) is 10.0 Å². The van der Waals surface area contributed by atoms with Gasteiger partial charge >= 0.3 is 0 Å². The van der Waals surface area contributed by atoms with Gasteiger partial charge in [0.15, 0.2) is 0 Å². The van der Waals surface area contributed by atoms with Crippen LogP contribution in [0.15, 0.2) is 34.3 Å². The number of rotatable bonds is 5. The number of sulfonamides is 1. The second-order valence-corrected chi connectivity index (χ2v) is 9.18. The van der Waals surface area contributed by atoms with Crippen LogP contribution in [-0.4, -0.2) is 14.1 Å². The predicted octanol–water partition coefficient (Wildman–Crippen LogP) is 4.12. The topological polar surface area (TPSA) is 58.5 Å². The highest BCUT2D eigenvalue weighted by molar-refractivity contribution is 7.89. The summed E-state index contributed by atoms with van der Waals surface area (Å²) < 4.78 is 24.7. The first-order valence-electron chi connectivity index (χ1n) is 8.38. The van der Waals surface area contributed by atoms with E-state index < -0.39 is 10.0 Å². The molecule has 0 aromatic heterocycles. The smallest absolute Gasteiger partial charge is 0.200 e. The third-order valence-corrected chi connectivity index (χ3v) is 5.49. The fourth-order valence-electron chi connectivity index (χ4n) is 3.50. The number of hydrogen-bond acceptors (Lipinski definition) is 3. The van der Waals surface area contributed by atoms with Gasteiger partial charge in [0.1, 0.15) is 0 Å². The Morgan fingerprint density at radius 1 is 1.26 bits per heavy atom. The molecule has 0 aliphatic heterocycles. The van der Waals surface area contributed by atoms with Crippen molar-refractivity contribution >= 4 is 15.7 Å². The summed E-state index contributed by atoms with van der Waals surface area (Å²) in [6, 6.07) is 7.05.